The molecule has 1 aromatic rings. The van der Waals surface area contributed by atoms with Gasteiger partial charge in [0.25, 0.3) is 5.91 Å². The van der Waals surface area contributed by atoms with Gasteiger partial charge in [0, 0.05) is 5.56 Å². The van der Waals surface area contributed by atoms with E-state index in [-0.39, 0.29) is 38.0 Å². The Morgan fingerprint density at radius 3 is 2.07 bits per heavy atom. The summed E-state index contributed by atoms with van der Waals surface area (Å²) in [6.45, 7) is 5.76. The third kappa shape index (κ3) is 7.80. The van der Waals surface area contributed by atoms with Crippen molar-refractivity contribution in [2.24, 2.45) is 5.73 Å². The van der Waals surface area contributed by atoms with Crippen molar-refractivity contribution in [1.29, 1.82) is 0 Å². The number of carbonyl (C=O) groups excluding carboxylic acids is 3. The van der Waals surface area contributed by atoms with E-state index in [2.05, 4.69) is 5.32 Å². The van der Waals surface area contributed by atoms with Crippen LogP contribution in [0.2, 0.25) is 0 Å². The Bertz CT molecular complexity index is 711. The molecule has 0 heterocycles. The number of benzene rings is 1. The SMILES string of the molecule is CCOC(=O)C[C@@H](NC(=O)c1ccc(CP(=O)(OCC)OCC)cc1)C(N)=O. The standard InChI is InChI=1S/C18H27N2O7P/c1-4-25-16(21)11-15(17(19)22)20-18(23)14-9-7-13(8-10-14)12-28(24,26-5-2)27-6-3/h7-10,15H,4-6,11-12H2,1-3H3,(H2,19,22)(H,20,23)/t15-/m1/s1. The van der Waals surface area contributed by atoms with E-state index in [0.29, 0.717) is 5.56 Å². The maximum absolute atomic E-state index is 12.6. The van der Waals surface area contributed by atoms with E-state index in [0.717, 1.165) is 0 Å². The smallest absolute Gasteiger partial charge is 0.335 e. The van der Waals surface area contributed by atoms with Gasteiger partial charge in [-0.3, -0.25) is 18.9 Å². The van der Waals surface area contributed by atoms with Crippen LogP contribution in [0.3, 0.4) is 0 Å². The van der Waals surface area contributed by atoms with Gasteiger partial charge in [-0.1, -0.05) is 12.1 Å². The van der Waals surface area contributed by atoms with E-state index in [1.54, 1.807) is 32.9 Å². The molecule has 0 unspecified atom stereocenters. The van der Waals surface area contributed by atoms with Crippen LogP contribution in [-0.4, -0.2) is 43.6 Å². The molecule has 0 aliphatic carbocycles. The monoisotopic (exact) mass is 414 g/mol. The lowest BCUT2D eigenvalue weighted by Gasteiger charge is -2.17. The largest absolute Gasteiger partial charge is 0.466 e. The van der Waals surface area contributed by atoms with Crippen molar-refractivity contribution in [2.75, 3.05) is 19.8 Å². The van der Waals surface area contributed by atoms with Crippen LogP contribution in [0, 0.1) is 0 Å². The average Bonchev–Trinajstić information content (AvgIpc) is 2.62. The molecular weight excluding hydrogens is 387 g/mol. The summed E-state index contributed by atoms with van der Waals surface area (Å²) in [6, 6.07) is 5.07. The number of nitrogens with one attached hydrogen (secondary N) is 1. The van der Waals surface area contributed by atoms with E-state index < -0.39 is 31.4 Å². The summed E-state index contributed by atoms with van der Waals surface area (Å²) in [4.78, 5) is 35.3. The normalized spacial score (nSPS) is 12.2. The zero-order valence-corrected chi connectivity index (χ0v) is 17.2. The van der Waals surface area contributed by atoms with Crippen molar-refractivity contribution < 1.29 is 32.7 Å². The van der Waals surface area contributed by atoms with Crippen LogP contribution in [0.25, 0.3) is 0 Å². The second-order valence-corrected chi connectivity index (χ2v) is 7.79. The Kier molecular flexibility index (Phi) is 9.85. The number of carbonyl (C=O) groups is 3. The molecule has 0 bridgehead atoms. The van der Waals surface area contributed by atoms with E-state index in [1.807, 2.05) is 0 Å². The summed E-state index contributed by atoms with van der Waals surface area (Å²) >= 11 is 0. The first kappa shape index (κ1) is 23.8. The highest BCUT2D eigenvalue weighted by atomic mass is 31.2. The van der Waals surface area contributed by atoms with Crippen LogP contribution in [0.15, 0.2) is 24.3 Å². The fourth-order valence-corrected chi connectivity index (χ4v) is 4.06. The summed E-state index contributed by atoms with van der Waals surface area (Å²) in [7, 11) is -3.25. The van der Waals surface area contributed by atoms with Crippen molar-refractivity contribution in [1.82, 2.24) is 5.32 Å². The minimum atomic E-state index is -3.25. The maximum atomic E-state index is 12.6. The number of esters is 1. The molecule has 0 saturated heterocycles. The number of hydrogen-bond acceptors (Lipinski definition) is 7. The fraction of sp³-hybridized carbons (Fsp3) is 0.500. The quantitative estimate of drug-likeness (QED) is 0.394. The van der Waals surface area contributed by atoms with Gasteiger partial charge in [-0.15, -0.1) is 0 Å². The minimum absolute atomic E-state index is 0.0728. The second-order valence-electron chi connectivity index (χ2n) is 5.74. The molecule has 156 valence electrons. The first-order chi connectivity index (χ1) is 13.2. The molecule has 9 nitrogen and oxygen atoms in total. The van der Waals surface area contributed by atoms with Crippen molar-refractivity contribution in [3.05, 3.63) is 35.4 Å². The Labute approximate surface area is 164 Å². The van der Waals surface area contributed by atoms with E-state index in [1.165, 1.54) is 12.1 Å². The molecular formula is C18H27N2O7P. The summed E-state index contributed by atoms with van der Waals surface area (Å²) in [5, 5.41) is 2.41. The van der Waals surface area contributed by atoms with E-state index in [4.69, 9.17) is 19.5 Å². The molecule has 28 heavy (non-hydrogen) atoms. The molecule has 0 fully saturated rings. The number of primary amides is 1. The van der Waals surface area contributed by atoms with Crippen LogP contribution in [-0.2, 0) is 34.1 Å². The third-order valence-corrected chi connectivity index (χ3v) is 5.62. The fourth-order valence-electron chi connectivity index (χ4n) is 2.36. The lowest BCUT2D eigenvalue weighted by Crippen LogP contribution is -2.45. The van der Waals surface area contributed by atoms with E-state index >= 15 is 0 Å². The summed E-state index contributed by atoms with van der Waals surface area (Å²) in [5.74, 6) is -2.05. The van der Waals surface area contributed by atoms with Crippen LogP contribution in [0.1, 0.15) is 43.1 Å². The molecule has 0 saturated carbocycles. The summed E-state index contributed by atoms with van der Waals surface area (Å²) < 4.78 is 27.8. The molecule has 0 aromatic heterocycles. The lowest BCUT2D eigenvalue weighted by atomic mass is 10.1. The van der Waals surface area contributed by atoms with Crippen LogP contribution < -0.4 is 11.1 Å². The summed E-state index contributed by atoms with van der Waals surface area (Å²) in [5.41, 5.74) is 6.16. The van der Waals surface area contributed by atoms with Gasteiger partial charge >= 0.3 is 13.6 Å². The van der Waals surface area contributed by atoms with Crippen LogP contribution in [0.4, 0.5) is 0 Å². The lowest BCUT2D eigenvalue weighted by molar-refractivity contribution is -0.145. The zero-order valence-electron chi connectivity index (χ0n) is 16.3. The van der Waals surface area contributed by atoms with Crippen molar-refractivity contribution in [2.45, 2.75) is 39.4 Å². The molecule has 0 radical (unpaired) electrons. The average molecular weight is 414 g/mol. The van der Waals surface area contributed by atoms with Gasteiger partial charge in [-0.05, 0) is 38.5 Å². The highest BCUT2D eigenvalue weighted by Gasteiger charge is 2.25. The maximum Gasteiger partial charge on any atom is 0.335 e. The van der Waals surface area contributed by atoms with Gasteiger partial charge in [0.2, 0.25) is 5.91 Å². The topological polar surface area (TPSA) is 134 Å². The Morgan fingerprint density at radius 2 is 1.61 bits per heavy atom. The molecule has 2 amide bonds. The molecule has 0 spiro atoms. The van der Waals surface area contributed by atoms with Crippen LogP contribution in [0.5, 0.6) is 0 Å². The van der Waals surface area contributed by atoms with Gasteiger partial charge < -0.3 is 24.8 Å². The first-order valence-electron chi connectivity index (χ1n) is 8.97. The number of rotatable bonds is 12. The summed E-state index contributed by atoms with van der Waals surface area (Å²) in [6.07, 6.45) is -0.276. The predicted molar refractivity (Wildman–Crippen MR) is 103 cm³/mol. The number of ether oxygens (including phenoxy) is 1. The zero-order chi connectivity index (χ0) is 21.2. The van der Waals surface area contributed by atoms with Crippen molar-refractivity contribution >= 4 is 25.4 Å². The van der Waals surface area contributed by atoms with Gasteiger partial charge in [0.05, 0.1) is 32.4 Å². The molecule has 1 atom stereocenters. The molecule has 3 N–H and O–H groups in total. The Hall–Kier alpha value is -2.22. The van der Waals surface area contributed by atoms with Crippen LogP contribution >= 0.6 is 7.60 Å². The molecule has 0 aliphatic rings. The molecule has 0 aliphatic heterocycles. The van der Waals surface area contributed by atoms with Crippen molar-refractivity contribution in [3.63, 3.8) is 0 Å². The number of amides is 2. The second kappa shape index (κ2) is 11.6. The van der Waals surface area contributed by atoms with Gasteiger partial charge in [-0.2, -0.15) is 0 Å². The van der Waals surface area contributed by atoms with Gasteiger partial charge in [0.15, 0.2) is 0 Å². The Balaban J connectivity index is 2.80. The molecule has 10 heteroatoms. The highest BCUT2D eigenvalue weighted by Crippen LogP contribution is 2.51. The van der Waals surface area contributed by atoms with Crippen molar-refractivity contribution in [3.8, 4) is 0 Å². The number of hydrogen-bond donors (Lipinski definition) is 2. The van der Waals surface area contributed by atoms with Gasteiger partial charge in [0.1, 0.15) is 6.04 Å². The Morgan fingerprint density at radius 1 is 1.04 bits per heavy atom. The highest BCUT2D eigenvalue weighted by molar-refractivity contribution is 7.53. The minimum Gasteiger partial charge on any atom is -0.466 e. The van der Waals surface area contributed by atoms with E-state index in [9.17, 15) is 18.9 Å². The predicted octanol–water partition coefficient (Wildman–Crippen LogP) is 1.99. The molecule has 1 rings (SSSR count). The van der Waals surface area contributed by atoms with Gasteiger partial charge in [-0.25, -0.2) is 0 Å². The number of nitrogens with two attached hydrogens (primary N) is 1. The third-order valence-electron chi connectivity index (χ3n) is 3.57. The molecule has 1 aromatic carbocycles. The first-order valence-corrected chi connectivity index (χ1v) is 10.7.